The molecular formula is C14H19F3O. The van der Waals surface area contributed by atoms with Gasteiger partial charge < -0.3 is 5.11 Å². The molecule has 4 heteroatoms. The van der Waals surface area contributed by atoms with Crippen LogP contribution in [0.5, 0.6) is 0 Å². The van der Waals surface area contributed by atoms with E-state index in [0.29, 0.717) is 0 Å². The van der Waals surface area contributed by atoms with Crippen molar-refractivity contribution >= 4 is 0 Å². The van der Waals surface area contributed by atoms with Crippen LogP contribution < -0.4 is 0 Å². The summed E-state index contributed by atoms with van der Waals surface area (Å²) in [5.74, 6) is 0. The van der Waals surface area contributed by atoms with Gasteiger partial charge >= 0.3 is 6.18 Å². The van der Waals surface area contributed by atoms with Gasteiger partial charge in [0.25, 0.3) is 0 Å². The summed E-state index contributed by atoms with van der Waals surface area (Å²) in [6, 6.07) is 7.27. The maximum atomic E-state index is 13.1. The van der Waals surface area contributed by atoms with Crippen LogP contribution in [0.1, 0.15) is 39.2 Å². The van der Waals surface area contributed by atoms with Gasteiger partial charge in [0.2, 0.25) is 0 Å². The highest BCUT2D eigenvalue weighted by molar-refractivity contribution is 5.24. The monoisotopic (exact) mass is 260 g/mol. The zero-order valence-electron chi connectivity index (χ0n) is 10.9. The largest absolute Gasteiger partial charge is 0.421 e. The predicted molar refractivity (Wildman–Crippen MR) is 65.1 cm³/mol. The summed E-state index contributed by atoms with van der Waals surface area (Å²) in [5, 5.41) is 10.1. The first-order chi connectivity index (χ1) is 8.06. The molecule has 0 aliphatic carbocycles. The molecule has 1 atom stereocenters. The molecule has 1 aromatic carbocycles. The number of halogens is 3. The fourth-order valence-corrected chi connectivity index (χ4v) is 1.72. The van der Waals surface area contributed by atoms with E-state index in [1.54, 1.807) is 6.07 Å². The van der Waals surface area contributed by atoms with Crippen LogP contribution >= 0.6 is 0 Å². The summed E-state index contributed by atoms with van der Waals surface area (Å²) in [6.07, 6.45) is -4.71. The SMILES string of the molecule is CC(C)(C)CCC(O)(c1ccccc1)C(F)(F)F. The van der Waals surface area contributed by atoms with Crippen molar-refractivity contribution in [1.82, 2.24) is 0 Å². The molecule has 1 N–H and O–H groups in total. The molecule has 0 saturated heterocycles. The lowest BCUT2D eigenvalue weighted by Gasteiger charge is -2.33. The van der Waals surface area contributed by atoms with Crippen molar-refractivity contribution in [3.05, 3.63) is 35.9 Å². The maximum Gasteiger partial charge on any atom is 0.421 e. The fraction of sp³-hybridized carbons (Fsp3) is 0.571. The highest BCUT2D eigenvalue weighted by Gasteiger charge is 2.54. The van der Waals surface area contributed by atoms with E-state index in [1.165, 1.54) is 24.3 Å². The maximum absolute atomic E-state index is 13.1. The summed E-state index contributed by atoms with van der Waals surface area (Å²) < 4.78 is 39.3. The number of aliphatic hydroxyl groups is 1. The summed E-state index contributed by atoms with van der Waals surface area (Å²) in [7, 11) is 0. The van der Waals surface area contributed by atoms with Gasteiger partial charge in [-0.25, -0.2) is 0 Å². The standard InChI is InChI=1S/C14H19F3O/c1-12(2,3)9-10-13(18,14(15,16)17)11-7-5-4-6-8-11/h4-8,18H,9-10H2,1-3H3. The molecule has 0 fully saturated rings. The van der Waals surface area contributed by atoms with Gasteiger partial charge in [-0.3, -0.25) is 0 Å². The summed E-state index contributed by atoms with van der Waals surface area (Å²) >= 11 is 0. The number of benzene rings is 1. The average Bonchev–Trinajstić information content (AvgIpc) is 2.24. The van der Waals surface area contributed by atoms with E-state index in [1.807, 2.05) is 20.8 Å². The van der Waals surface area contributed by atoms with Crippen LogP contribution in [0.3, 0.4) is 0 Å². The van der Waals surface area contributed by atoms with Gasteiger partial charge in [0, 0.05) is 0 Å². The lowest BCUT2D eigenvalue weighted by atomic mass is 9.81. The average molecular weight is 260 g/mol. The topological polar surface area (TPSA) is 20.2 Å². The normalized spacial score (nSPS) is 16.4. The van der Waals surface area contributed by atoms with Gasteiger partial charge in [-0.2, -0.15) is 13.2 Å². The van der Waals surface area contributed by atoms with Gasteiger partial charge in [-0.05, 0) is 23.8 Å². The minimum atomic E-state index is -4.67. The molecule has 1 unspecified atom stereocenters. The molecule has 0 bridgehead atoms. The minimum Gasteiger partial charge on any atom is -0.376 e. The smallest absolute Gasteiger partial charge is 0.376 e. The van der Waals surface area contributed by atoms with Crippen LogP contribution in [0.2, 0.25) is 0 Å². The molecule has 0 saturated carbocycles. The zero-order valence-corrected chi connectivity index (χ0v) is 10.9. The van der Waals surface area contributed by atoms with Crippen LogP contribution in [-0.2, 0) is 5.60 Å². The van der Waals surface area contributed by atoms with Crippen LogP contribution in [0.25, 0.3) is 0 Å². The van der Waals surface area contributed by atoms with E-state index < -0.39 is 11.8 Å². The fourth-order valence-electron chi connectivity index (χ4n) is 1.72. The van der Waals surface area contributed by atoms with Crippen LogP contribution in [0.4, 0.5) is 13.2 Å². The van der Waals surface area contributed by atoms with Crippen molar-refractivity contribution in [2.24, 2.45) is 5.41 Å². The van der Waals surface area contributed by atoms with Crippen LogP contribution in [-0.4, -0.2) is 11.3 Å². The van der Waals surface area contributed by atoms with Crippen molar-refractivity contribution in [3.63, 3.8) is 0 Å². The van der Waals surface area contributed by atoms with E-state index in [9.17, 15) is 18.3 Å². The third-order valence-electron chi connectivity index (χ3n) is 2.96. The molecule has 0 spiro atoms. The Morgan fingerprint density at radius 2 is 1.44 bits per heavy atom. The van der Waals surface area contributed by atoms with E-state index in [2.05, 4.69) is 0 Å². The number of hydrogen-bond donors (Lipinski definition) is 1. The Labute approximate surface area is 106 Å². The highest BCUT2D eigenvalue weighted by atomic mass is 19.4. The predicted octanol–water partition coefficient (Wildman–Crippen LogP) is 4.26. The Kier molecular flexibility index (Phi) is 4.11. The Bertz CT molecular complexity index is 378. The van der Waals surface area contributed by atoms with Crippen molar-refractivity contribution in [2.45, 2.75) is 45.4 Å². The molecule has 1 rings (SSSR count). The Hall–Kier alpha value is -1.03. The first-order valence-corrected chi connectivity index (χ1v) is 5.91. The summed E-state index contributed by atoms with van der Waals surface area (Å²) in [6.45, 7) is 5.57. The number of rotatable bonds is 3. The molecule has 0 amide bonds. The van der Waals surface area contributed by atoms with Crippen molar-refractivity contribution in [1.29, 1.82) is 0 Å². The molecule has 102 valence electrons. The lowest BCUT2D eigenvalue weighted by molar-refractivity contribution is -0.270. The molecular weight excluding hydrogens is 241 g/mol. The molecule has 1 nitrogen and oxygen atoms in total. The van der Waals surface area contributed by atoms with Gasteiger partial charge in [0.15, 0.2) is 5.60 Å². The van der Waals surface area contributed by atoms with Gasteiger partial charge in [0.05, 0.1) is 0 Å². The Morgan fingerprint density at radius 1 is 0.944 bits per heavy atom. The van der Waals surface area contributed by atoms with Crippen molar-refractivity contribution < 1.29 is 18.3 Å². The van der Waals surface area contributed by atoms with Gasteiger partial charge in [-0.1, -0.05) is 51.1 Å². The second-order valence-electron chi connectivity index (χ2n) is 5.78. The van der Waals surface area contributed by atoms with Crippen LogP contribution in [0.15, 0.2) is 30.3 Å². The first-order valence-electron chi connectivity index (χ1n) is 5.91. The summed E-state index contributed by atoms with van der Waals surface area (Å²) in [4.78, 5) is 0. The molecule has 0 aliphatic rings. The Balaban J connectivity index is 3.05. The van der Waals surface area contributed by atoms with E-state index in [4.69, 9.17) is 0 Å². The summed E-state index contributed by atoms with van der Waals surface area (Å²) in [5.41, 5.74) is -3.11. The Morgan fingerprint density at radius 3 is 1.83 bits per heavy atom. The third kappa shape index (κ3) is 3.48. The second-order valence-corrected chi connectivity index (χ2v) is 5.78. The first kappa shape index (κ1) is 15.0. The van der Waals surface area contributed by atoms with Crippen LogP contribution in [0, 0.1) is 5.41 Å². The van der Waals surface area contributed by atoms with Gasteiger partial charge in [-0.15, -0.1) is 0 Å². The molecule has 1 aromatic rings. The van der Waals surface area contributed by atoms with E-state index >= 15 is 0 Å². The molecule has 0 aromatic heterocycles. The zero-order chi connectivity index (χ0) is 14.0. The number of hydrogen-bond acceptors (Lipinski definition) is 1. The second kappa shape index (κ2) is 4.92. The van der Waals surface area contributed by atoms with Crippen molar-refractivity contribution in [3.8, 4) is 0 Å². The molecule has 0 aliphatic heterocycles. The van der Waals surface area contributed by atoms with E-state index in [-0.39, 0.29) is 23.8 Å². The van der Waals surface area contributed by atoms with E-state index in [0.717, 1.165) is 0 Å². The molecule has 0 radical (unpaired) electrons. The minimum absolute atomic E-state index is 0.0956. The molecule has 0 heterocycles. The number of alkyl halides is 3. The molecule has 18 heavy (non-hydrogen) atoms. The third-order valence-corrected chi connectivity index (χ3v) is 2.96. The van der Waals surface area contributed by atoms with Crippen molar-refractivity contribution in [2.75, 3.05) is 0 Å². The lowest BCUT2D eigenvalue weighted by Crippen LogP contribution is -2.42. The van der Waals surface area contributed by atoms with Gasteiger partial charge in [0.1, 0.15) is 0 Å². The highest BCUT2D eigenvalue weighted by Crippen LogP contribution is 2.44. The quantitative estimate of drug-likeness (QED) is 0.860.